The van der Waals surface area contributed by atoms with Gasteiger partial charge in [-0.15, -0.1) is 0 Å². The van der Waals surface area contributed by atoms with Gasteiger partial charge in [-0.3, -0.25) is 9.59 Å². The second-order valence-corrected chi connectivity index (χ2v) is 5.46. The van der Waals surface area contributed by atoms with E-state index in [1.807, 2.05) is 6.07 Å². The van der Waals surface area contributed by atoms with Crippen molar-refractivity contribution < 1.29 is 19.1 Å². The second-order valence-electron chi connectivity index (χ2n) is 5.46. The molecular formula is C19H21N3O4. The Morgan fingerprint density at radius 1 is 1.04 bits per heavy atom. The van der Waals surface area contributed by atoms with Crippen LogP contribution in [0.2, 0.25) is 0 Å². The lowest BCUT2D eigenvalue weighted by Gasteiger charge is -2.07. The third-order valence-electron chi connectivity index (χ3n) is 3.38. The number of methoxy groups -OCH3 is 1. The number of anilines is 1. The minimum absolute atomic E-state index is 0.152. The van der Waals surface area contributed by atoms with Crippen LogP contribution in [0.15, 0.2) is 53.6 Å². The molecule has 0 spiro atoms. The Hall–Kier alpha value is -3.35. The maximum atomic E-state index is 11.9. The smallest absolute Gasteiger partial charge is 0.277 e. The standard InChI is InChI=1S/C19H21N3O4/c1-13(15-5-4-6-16(11-15)20-14(2)23)21-22-19(24)12-26-18-9-7-17(25-3)8-10-18/h4-11H,12H2,1-3H3,(H,20,23)(H,22,24). The quantitative estimate of drug-likeness (QED) is 0.590. The number of carbonyl (C=O) groups excluding carboxylic acids is 2. The number of ether oxygens (including phenoxy) is 2. The lowest BCUT2D eigenvalue weighted by atomic mass is 10.1. The molecule has 0 heterocycles. The highest BCUT2D eigenvalue weighted by molar-refractivity contribution is 6.00. The number of nitrogens with one attached hydrogen (secondary N) is 2. The summed E-state index contributed by atoms with van der Waals surface area (Å²) in [4.78, 5) is 23.0. The largest absolute Gasteiger partial charge is 0.497 e. The first-order valence-corrected chi connectivity index (χ1v) is 7.96. The summed E-state index contributed by atoms with van der Waals surface area (Å²) < 4.78 is 10.4. The third-order valence-corrected chi connectivity index (χ3v) is 3.38. The fraction of sp³-hybridized carbons (Fsp3) is 0.211. The summed E-state index contributed by atoms with van der Waals surface area (Å²) >= 11 is 0. The zero-order valence-electron chi connectivity index (χ0n) is 14.9. The van der Waals surface area contributed by atoms with Crippen molar-refractivity contribution in [1.29, 1.82) is 0 Å². The van der Waals surface area contributed by atoms with Crippen LogP contribution in [-0.4, -0.2) is 31.2 Å². The Morgan fingerprint density at radius 2 is 1.73 bits per heavy atom. The Labute approximate surface area is 152 Å². The lowest BCUT2D eigenvalue weighted by molar-refractivity contribution is -0.123. The molecule has 2 amide bonds. The Morgan fingerprint density at radius 3 is 2.38 bits per heavy atom. The van der Waals surface area contributed by atoms with Gasteiger partial charge in [0, 0.05) is 12.6 Å². The molecule has 2 N–H and O–H groups in total. The van der Waals surface area contributed by atoms with E-state index in [2.05, 4.69) is 15.8 Å². The maximum absolute atomic E-state index is 11.9. The average Bonchev–Trinajstić information content (AvgIpc) is 2.64. The molecule has 7 nitrogen and oxygen atoms in total. The molecule has 2 rings (SSSR count). The van der Waals surface area contributed by atoms with Crippen LogP contribution in [0.25, 0.3) is 0 Å². The molecule has 0 unspecified atom stereocenters. The number of nitrogens with zero attached hydrogens (tertiary/aromatic N) is 1. The molecular weight excluding hydrogens is 334 g/mol. The van der Waals surface area contributed by atoms with Gasteiger partial charge in [0.1, 0.15) is 11.5 Å². The van der Waals surface area contributed by atoms with Crippen LogP contribution in [0.3, 0.4) is 0 Å². The van der Waals surface area contributed by atoms with Gasteiger partial charge in [0.15, 0.2) is 6.61 Å². The maximum Gasteiger partial charge on any atom is 0.277 e. The predicted octanol–water partition coefficient (Wildman–Crippen LogP) is 2.57. The third kappa shape index (κ3) is 5.94. The number of rotatable bonds is 7. The number of hydrazone groups is 1. The van der Waals surface area contributed by atoms with E-state index in [4.69, 9.17) is 9.47 Å². The monoisotopic (exact) mass is 355 g/mol. The summed E-state index contributed by atoms with van der Waals surface area (Å²) in [6.45, 7) is 3.04. The summed E-state index contributed by atoms with van der Waals surface area (Å²) in [5.41, 5.74) is 4.50. The topological polar surface area (TPSA) is 89.0 Å². The molecule has 2 aromatic rings. The van der Waals surface area contributed by atoms with Crippen LogP contribution in [0, 0.1) is 0 Å². The van der Waals surface area contributed by atoms with Gasteiger partial charge in [0.05, 0.1) is 12.8 Å². The first kappa shape index (κ1) is 19.0. The van der Waals surface area contributed by atoms with Gasteiger partial charge < -0.3 is 14.8 Å². The Bertz CT molecular complexity index is 801. The van der Waals surface area contributed by atoms with E-state index in [0.29, 0.717) is 22.9 Å². The highest BCUT2D eigenvalue weighted by atomic mass is 16.5. The molecule has 0 aliphatic carbocycles. The Balaban J connectivity index is 1.89. The van der Waals surface area contributed by atoms with Gasteiger partial charge in [-0.05, 0) is 48.9 Å². The van der Waals surface area contributed by atoms with E-state index in [9.17, 15) is 9.59 Å². The normalized spacial score (nSPS) is 10.8. The molecule has 0 saturated carbocycles. The summed E-state index contributed by atoms with van der Waals surface area (Å²) in [5, 5.41) is 6.76. The van der Waals surface area contributed by atoms with Crippen molar-refractivity contribution in [3.8, 4) is 11.5 Å². The molecule has 0 saturated heterocycles. The number of hydrogen-bond donors (Lipinski definition) is 2. The summed E-state index contributed by atoms with van der Waals surface area (Å²) in [7, 11) is 1.58. The fourth-order valence-corrected chi connectivity index (χ4v) is 2.09. The molecule has 7 heteroatoms. The number of amides is 2. The average molecular weight is 355 g/mol. The van der Waals surface area contributed by atoms with E-state index in [0.717, 1.165) is 5.56 Å². The van der Waals surface area contributed by atoms with E-state index in [1.165, 1.54) is 6.92 Å². The zero-order valence-corrected chi connectivity index (χ0v) is 14.9. The fourth-order valence-electron chi connectivity index (χ4n) is 2.09. The zero-order chi connectivity index (χ0) is 18.9. The molecule has 0 atom stereocenters. The van der Waals surface area contributed by atoms with Crippen molar-refractivity contribution in [2.45, 2.75) is 13.8 Å². The summed E-state index contributed by atoms with van der Waals surface area (Å²) in [5.74, 6) is 0.743. The Kier molecular flexibility index (Phi) is 6.73. The highest BCUT2D eigenvalue weighted by Gasteiger charge is 2.04. The summed E-state index contributed by atoms with van der Waals surface area (Å²) in [6.07, 6.45) is 0. The van der Waals surface area contributed by atoms with Crippen LogP contribution in [0.1, 0.15) is 19.4 Å². The number of benzene rings is 2. The van der Waals surface area contributed by atoms with Crippen molar-refractivity contribution >= 4 is 23.2 Å². The number of hydrogen-bond acceptors (Lipinski definition) is 5. The molecule has 0 bridgehead atoms. The van der Waals surface area contributed by atoms with Gasteiger partial charge in [-0.25, -0.2) is 5.43 Å². The molecule has 0 aliphatic heterocycles. The van der Waals surface area contributed by atoms with Gasteiger partial charge >= 0.3 is 0 Å². The van der Waals surface area contributed by atoms with E-state index < -0.39 is 0 Å². The van der Waals surface area contributed by atoms with Crippen LogP contribution in [0.5, 0.6) is 11.5 Å². The van der Waals surface area contributed by atoms with E-state index in [-0.39, 0.29) is 18.4 Å². The van der Waals surface area contributed by atoms with E-state index >= 15 is 0 Å². The van der Waals surface area contributed by atoms with Gasteiger partial charge in [-0.1, -0.05) is 12.1 Å². The van der Waals surface area contributed by atoms with Gasteiger partial charge in [-0.2, -0.15) is 5.10 Å². The van der Waals surface area contributed by atoms with Crippen LogP contribution in [-0.2, 0) is 9.59 Å². The van der Waals surface area contributed by atoms with Crippen molar-refractivity contribution in [2.75, 3.05) is 19.0 Å². The molecule has 136 valence electrons. The first-order chi connectivity index (χ1) is 12.5. The van der Waals surface area contributed by atoms with Crippen molar-refractivity contribution in [1.82, 2.24) is 5.43 Å². The SMILES string of the molecule is COc1ccc(OCC(=O)NN=C(C)c2cccc(NC(C)=O)c2)cc1. The van der Waals surface area contributed by atoms with Crippen LogP contribution >= 0.6 is 0 Å². The second kappa shape index (κ2) is 9.22. The molecule has 2 aromatic carbocycles. The van der Waals surface area contributed by atoms with Gasteiger partial charge in [0.2, 0.25) is 5.91 Å². The summed E-state index contributed by atoms with van der Waals surface area (Å²) in [6, 6.07) is 14.1. The minimum Gasteiger partial charge on any atom is -0.497 e. The molecule has 0 radical (unpaired) electrons. The van der Waals surface area contributed by atoms with Crippen LogP contribution in [0.4, 0.5) is 5.69 Å². The predicted molar refractivity (Wildman–Crippen MR) is 99.6 cm³/mol. The number of carbonyl (C=O) groups is 2. The first-order valence-electron chi connectivity index (χ1n) is 7.96. The molecule has 0 aliphatic rings. The van der Waals surface area contributed by atoms with Crippen molar-refractivity contribution in [3.05, 3.63) is 54.1 Å². The molecule has 0 aromatic heterocycles. The lowest BCUT2D eigenvalue weighted by Crippen LogP contribution is -2.25. The van der Waals surface area contributed by atoms with Crippen molar-refractivity contribution in [3.63, 3.8) is 0 Å². The molecule has 26 heavy (non-hydrogen) atoms. The van der Waals surface area contributed by atoms with Crippen molar-refractivity contribution in [2.24, 2.45) is 5.10 Å². The molecule has 0 fully saturated rings. The highest BCUT2D eigenvalue weighted by Crippen LogP contribution is 2.16. The minimum atomic E-state index is -0.377. The van der Waals surface area contributed by atoms with Gasteiger partial charge in [0.25, 0.3) is 5.91 Å². The van der Waals surface area contributed by atoms with Crippen LogP contribution < -0.4 is 20.2 Å². The van der Waals surface area contributed by atoms with E-state index in [1.54, 1.807) is 56.5 Å².